The third kappa shape index (κ3) is 2.68. The van der Waals surface area contributed by atoms with Crippen LogP contribution in [0.25, 0.3) is 11.3 Å². The molecular weight excluding hydrogens is 282 g/mol. The third-order valence-electron chi connectivity index (χ3n) is 2.62. The highest BCUT2D eigenvalue weighted by molar-refractivity contribution is 9.10. The van der Waals surface area contributed by atoms with Gasteiger partial charge in [0.15, 0.2) is 0 Å². The monoisotopic (exact) mass is 295 g/mol. The molecular formula is C12H14BrN3O. The van der Waals surface area contributed by atoms with Crippen molar-refractivity contribution in [1.82, 2.24) is 10.2 Å². The van der Waals surface area contributed by atoms with E-state index >= 15 is 0 Å². The van der Waals surface area contributed by atoms with Crippen LogP contribution in [0.2, 0.25) is 0 Å². The van der Waals surface area contributed by atoms with Crippen molar-refractivity contribution in [3.63, 3.8) is 0 Å². The summed E-state index contributed by atoms with van der Waals surface area (Å²) in [6.45, 7) is 0.586. The molecule has 17 heavy (non-hydrogen) atoms. The predicted molar refractivity (Wildman–Crippen MR) is 71.9 cm³/mol. The summed E-state index contributed by atoms with van der Waals surface area (Å²) in [4.78, 5) is 11.7. The van der Waals surface area contributed by atoms with Crippen molar-refractivity contribution < 1.29 is 0 Å². The Hall–Kier alpha value is -1.33. The number of hydrogen-bond acceptors (Lipinski definition) is 2. The van der Waals surface area contributed by atoms with E-state index in [0.29, 0.717) is 13.0 Å². The molecule has 0 amide bonds. The van der Waals surface area contributed by atoms with Gasteiger partial charge in [0, 0.05) is 15.6 Å². The predicted octanol–water partition coefficient (Wildman–Crippen LogP) is 2.02. The average molecular weight is 296 g/mol. The Morgan fingerprint density at radius 2 is 2.12 bits per heavy atom. The molecule has 2 rings (SSSR count). The van der Waals surface area contributed by atoms with E-state index in [0.717, 1.165) is 27.7 Å². The molecule has 0 bridgehead atoms. The van der Waals surface area contributed by atoms with Gasteiger partial charge in [-0.15, -0.1) is 0 Å². The highest BCUT2D eigenvalue weighted by atomic mass is 79.9. The van der Waals surface area contributed by atoms with Gasteiger partial charge in [-0.05, 0) is 31.5 Å². The number of H-pyrrole nitrogens is 2. The molecule has 4 nitrogen and oxygen atoms in total. The molecule has 5 heteroatoms. The molecule has 2 aromatic rings. The first-order valence-corrected chi connectivity index (χ1v) is 6.27. The molecule has 0 saturated heterocycles. The second-order valence-electron chi connectivity index (χ2n) is 3.84. The fourth-order valence-corrected chi connectivity index (χ4v) is 2.19. The number of rotatable bonds is 4. The van der Waals surface area contributed by atoms with E-state index in [1.165, 1.54) is 0 Å². The molecule has 1 aromatic carbocycles. The zero-order valence-electron chi connectivity index (χ0n) is 9.29. The van der Waals surface area contributed by atoms with Crippen molar-refractivity contribution in [2.75, 3.05) is 6.54 Å². The van der Waals surface area contributed by atoms with E-state index in [4.69, 9.17) is 5.73 Å². The van der Waals surface area contributed by atoms with Gasteiger partial charge in [-0.25, -0.2) is 0 Å². The zero-order valence-corrected chi connectivity index (χ0v) is 10.9. The number of hydrogen-bond donors (Lipinski definition) is 3. The molecule has 0 aliphatic rings. The first-order chi connectivity index (χ1) is 8.22. The number of aromatic amines is 2. The van der Waals surface area contributed by atoms with Gasteiger partial charge >= 0.3 is 0 Å². The van der Waals surface area contributed by atoms with Crippen LogP contribution in [0.1, 0.15) is 12.0 Å². The second-order valence-corrected chi connectivity index (χ2v) is 4.75. The van der Waals surface area contributed by atoms with Crippen molar-refractivity contribution in [2.45, 2.75) is 12.8 Å². The van der Waals surface area contributed by atoms with Gasteiger partial charge in [0.25, 0.3) is 5.56 Å². The lowest BCUT2D eigenvalue weighted by Crippen LogP contribution is -2.09. The quantitative estimate of drug-likeness (QED) is 0.807. The summed E-state index contributed by atoms with van der Waals surface area (Å²) in [6, 6.07) is 7.84. The summed E-state index contributed by atoms with van der Waals surface area (Å²) >= 11 is 3.42. The third-order valence-corrected chi connectivity index (χ3v) is 3.11. The molecule has 0 aliphatic carbocycles. The van der Waals surface area contributed by atoms with E-state index in [9.17, 15) is 4.79 Å². The Morgan fingerprint density at radius 1 is 1.29 bits per heavy atom. The van der Waals surface area contributed by atoms with Crippen molar-refractivity contribution in [2.24, 2.45) is 5.73 Å². The van der Waals surface area contributed by atoms with Crippen molar-refractivity contribution in [1.29, 1.82) is 0 Å². The largest absolute Gasteiger partial charge is 0.330 e. The van der Waals surface area contributed by atoms with E-state index in [1.54, 1.807) is 0 Å². The molecule has 1 aromatic heterocycles. The van der Waals surface area contributed by atoms with Crippen LogP contribution in [0.5, 0.6) is 0 Å². The number of nitrogens with two attached hydrogens (primary N) is 1. The summed E-state index contributed by atoms with van der Waals surface area (Å²) in [6.07, 6.45) is 1.50. The van der Waals surface area contributed by atoms with E-state index in [2.05, 4.69) is 26.1 Å². The minimum Gasteiger partial charge on any atom is -0.330 e. The molecule has 4 N–H and O–H groups in total. The van der Waals surface area contributed by atoms with Gasteiger partial charge in [-0.3, -0.25) is 15.0 Å². The van der Waals surface area contributed by atoms with Crippen LogP contribution in [-0.4, -0.2) is 16.7 Å². The maximum atomic E-state index is 11.7. The molecule has 0 fully saturated rings. The number of benzene rings is 1. The smallest absolute Gasteiger partial charge is 0.267 e. The van der Waals surface area contributed by atoms with E-state index in [-0.39, 0.29) is 5.56 Å². The normalized spacial score (nSPS) is 10.7. The second kappa shape index (κ2) is 5.33. The fraction of sp³-hybridized carbons (Fsp3) is 0.250. The SMILES string of the molecule is NCCCc1c(-c2cccc(Br)c2)[nH][nH]c1=O. The molecule has 1 heterocycles. The number of aromatic nitrogens is 2. The highest BCUT2D eigenvalue weighted by Crippen LogP contribution is 2.23. The number of halogens is 1. The number of nitrogens with one attached hydrogen (secondary N) is 2. The van der Waals surface area contributed by atoms with Gasteiger partial charge in [-0.2, -0.15) is 0 Å². The summed E-state index contributed by atoms with van der Waals surface area (Å²) in [5.41, 5.74) is 8.03. The van der Waals surface area contributed by atoms with Crippen molar-refractivity contribution >= 4 is 15.9 Å². The van der Waals surface area contributed by atoms with Crippen LogP contribution >= 0.6 is 15.9 Å². The molecule has 90 valence electrons. The average Bonchev–Trinajstić information content (AvgIpc) is 2.68. The fourth-order valence-electron chi connectivity index (χ4n) is 1.79. The molecule has 0 aliphatic heterocycles. The van der Waals surface area contributed by atoms with Gasteiger partial charge in [0.1, 0.15) is 0 Å². The topological polar surface area (TPSA) is 74.7 Å². The van der Waals surface area contributed by atoms with Crippen LogP contribution in [0.3, 0.4) is 0 Å². The van der Waals surface area contributed by atoms with Gasteiger partial charge in [-0.1, -0.05) is 28.1 Å². The summed E-state index contributed by atoms with van der Waals surface area (Å²) < 4.78 is 0.988. The van der Waals surface area contributed by atoms with Crippen LogP contribution < -0.4 is 11.3 Å². The van der Waals surface area contributed by atoms with E-state index < -0.39 is 0 Å². The Morgan fingerprint density at radius 3 is 2.82 bits per heavy atom. The summed E-state index contributed by atoms with van der Waals surface area (Å²) in [7, 11) is 0. The zero-order chi connectivity index (χ0) is 12.3. The summed E-state index contributed by atoms with van der Waals surface area (Å²) in [5, 5.41) is 5.55. The standard InChI is InChI=1S/C12H14BrN3O/c13-9-4-1-3-8(7-9)11-10(5-2-6-14)12(17)16-15-11/h1,3-4,7H,2,5-6,14H2,(H2,15,16,17). The lowest BCUT2D eigenvalue weighted by Gasteiger charge is -2.02. The van der Waals surface area contributed by atoms with Crippen molar-refractivity contribution in [3.05, 3.63) is 44.7 Å². The van der Waals surface area contributed by atoms with Gasteiger partial charge < -0.3 is 5.73 Å². The minimum absolute atomic E-state index is 0.0616. The van der Waals surface area contributed by atoms with Crippen LogP contribution in [0.4, 0.5) is 0 Å². The first kappa shape index (κ1) is 12.1. The van der Waals surface area contributed by atoms with Crippen LogP contribution in [0, 0.1) is 0 Å². The van der Waals surface area contributed by atoms with Crippen LogP contribution in [-0.2, 0) is 6.42 Å². The highest BCUT2D eigenvalue weighted by Gasteiger charge is 2.11. The Balaban J connectivity index is 2.42. The Labute approximate surface area is 107 Å². The van der Waals surface area contributed by atoms with E-state index in [1.807, 2.05) is 24.3 Å². The maximum Gasteiger partial charge on any atom is 0.267 e. The lowest BCUT2D eigenvalue weighted by atomic mass is 10.0. The summed E-state index contributed by atoms with van der Waals surface area (Å²) in [5.74, 6) is 0. The molecule has 0 spiro atoms. The van der Waals surface area contributed by atoms with Gasteiger partial charge in [0.05, 0.1) is 5.69 Å². The minimum atomic E-state index is -0.0616. The Kier molecular flexibility index (Phi) is 3.81. The molecule has 0 saturated carbocycles. The molecule has 0 radical (unpaired) electrons. The van der Waals surface area contributed by atoms with Crippen molar-refractivity contribution in [3.8, 4) is 11.3 Å². The molecule has 0 unspecified atom stereocenters. The lowest BCUT2D eigenvalue weighted by molar-refractivity contribution is 0.829. The van der Waals surface area contributed by atoms with Crippen LogP contribution in [0.15, 0.2) is 33.5 Å². The first-order valence-electron chi connectivity index (χ1n) is 5.48. The maximum absolute atomic E-state index is 11.7. The van der Waals surface area contributed by atoms with Gasteiger partial charge in [0.2, 0.25) is 0 Å². The Bertz CT molecular complexity index is 559. The molecule has 0 atom stereocenters.